The average molecular weight is 588 g/mol. The molecule has 0 aromatic heterocycles. The number of aliphatic hydroxyl groups is 1. The molecule has 238 valence electrons. The highest BCUT2D eigenvalue weighted by atomic mass is 16.5. The van der Waals surface area contributed by atoms with E-state index in [1.165, 1.54) is 0 Å². The molecule has 3 rings (SSSR count). The monoisotopic (exact) mass is 587 g/mol. The molecule has 3 aliphatic rings. The van der Waals surface area contributed by atoms with Crippen molar-refractivity contribution in [3.05, 3.63) is 25.3 Å². The van der Waals surface area contributed by atoms with E-state index in [0.29, 0.717) is 58.3 Å². The van der Waals surface area contributed by atoms with Crippen LogP contribution in [0.2, 0.25) is 0 Å². The summed E-state index contributed by atoms with van der Waals surface area (Å²) < 4.78 is 7.02. The van der Waals surface area contributed by atoms with E-state index >= 15 is 0 Å². The Morgan fingerprint density at radius 3 is 2.26 bits per heavy atom. The summed E-state index contributed by atoms with van der Waals surface area (Å²) in [5.74, 6) is -1.68. The second kappa shape index (κ2) is 13.2. The molecule has 3 heterocycles. The van der Waals surface area contributed by atoms with E-state index < -0.39 is 34.6 Å². The number of nitrogens with zero attached hydrogens (tertiary/aromatic N) is 3. The number of ether oxygens (including phenoxy) is 1. The Kier molecular flexibility index (Phi) is 10.8. The third-order valence-corrected chi connectivity index (χ3v) is 9.66. The Morgan fingerprint density at radius 1 is 1.05 bits per heavy atom. The summed E-state index contributed by atoms with van der Waals surface area (Å²) in [4.78, 5) is 49.1. The summed E-state index contributed by atoms with van der Waals surface area (Å²) in [6.07, 6.45) is 8.93. The molecule has 5 atom stereocenters. The lowest BCUT2D eigenvalue weighted by molar-refractivity contribution is -0.158. The standard InChI is InChI=1S/C34H57N3O5/c1-10-19-35(20-11-2)28(39)25-26-29(40)36(22-15-14-16-23-38)27(34(26)18-17-33(25,13-4)42-34)30(41)37(21-12-3)32(8,9)24-31(5,6)7/h10,12,25-27,38H,1,3,11,13-24H2,2,4-9H3/t25-,26+,27?,33+,34?/m1/s1. The molecule has 3 fully saturated rings. The van der Waals surface area contributed by atoms with Crippen LogP contribution >= 0.6 is 0 Å². The lowest BCUT2D eigenvalue weighted by Gasteiger charge is -2.45. The van der Waals surface area contributed by atoms with Gasteiger partial charge >= 0.3 is 0 Å². The van der Waals surface area contributed by atoms with Gasteiger partial charge < -0.3 is 24.5 Å². The zero-order valence-electron chi connectivity index (χ0n) is 27.4. The molecule has 8 nitrogen and oxygen atoms in total. The molecule has 0 aromatic rings. The van der Waals surface area contributed by atoms with E-state index in [9.17, 15) is 19.5 Å². The molecule has 2 bridgehead atoms. The van der Waals surface area contributed by atoms with E-state index in [1.807, 2.05) is 18.7 Å². The molecule has 3 aliphatic heterocycles. The zero-order valence-corrected chi connectivity index (χ0v) is 27.4. The highest BCUT2D eigenvalue weighted by molar-refractivity contribution is 5.99. The number of aliphatic hydroxyl groups excluding tert-OH is 1. The predicted molar refractivity (Wildman–Crippen MR) is 167 cm³/mol. The van der Waals surface area contributed by atoms with E-state index in [-0.39, 0.29) is 29.7 Å². The first-order valence-electron chi connectivity index (χ1n) is 16.1. The maximum Gasteiger partial charge on any atom is 0.249 e. The first-order chi connectivity index (χ1) is 19.7. The van der Waals surface area contributed by atoms with Crippen molar-refractivity contribution in [2.24, 2.45) is 17.3 Å². The Labute approximate surface area is 254 Å². The SMILES string of the molecule is C=CCN(CCC)C(=O)[C@H]1[C@H]2C(=O)N(CCCCCO)C(C(=O)N(CC=C)C(C)(C)CC(C)(C)C)C23CC[C@]1(CC)O3. The number of unbranched alkanes of at least 4 members (excludes halogenated alkanes) is 2. The summed E-state index contributed by atoms with van der Waals surface area (Å²) in [5.41, 5.74) is -2.35. The van der Waals surface area contributed by atoms with Gasteiger partial charge in [-0.25, -0.2) is 0 Å². The van der Waals surface area contributed by atoms with E-state index in [1.54, 1.807) is 22.0 Å². The van der Waals surface area contributed by atoms with Gasteiger partial charge in [0.15, 0.2) is 0 Å². The minimum atomic E-state index is -1.05. The second-order valence-electron chi connectivity index (χ2n) is 14.5. The van der Waals surface area contributed by atoms with Crippen molar-refractivity contribution in [2.75, 3.05) is 32.8 Å². The fraction of sp³-hybridized carbons (Fsp3) is 0.794. The van der Waals surface area contributed by atoms with Crippen LogP contribution in [0, 0.1) is 17.3 Å². The number of carbonyl (C=O) groups excluding carboxylic acids is 3. The first kappa shape index (κ1) is 34.3. The van der Waals surface area contributed by atoms with Gasteiger partial charge in [0.25, 0.3) is 0 Å². The summed E-state index contributed by atoms with van der Waals surface area (Å²) in [5, 5.41) is 9.35. The highest BCUT2D eigenvalue weighted by Crippen LogP contribution is 2.64. The van der Waals surface area contributed by atoms with Gasteiger partial charge in [-0.3, -0.25) is 14.4 Å². The number of hydrogen-bond donors (Lipinski definition) is 1. The number of fused-ring (bicyclic) bond motifs is 1. The van der Waals surface area contributed by atoms with Crippen LogP contribution < -0.4 is 0 Å². The van der Waals surface area contributed by atoms with Crippen LogP contribution in [0.5, 0.6) is 0 Å². The lowest BCUT2D eigenvalue weighted by Crippen LogP contribution is -2.61. The third kappa shape index (κ3) is 6.21. The quantitative estimate of drug-likeness (QED) is 0.204. The Bertz CT molecular complexity index is 1020. The van der Waals surface area contributed by atoms with Crippen molar-refractivity contribution < 1.29 is 24.2 Å². The topological polar surface area (TPSA) is 90.4 Å². The molecule has 42 heavy (non-hydrogen) atoms. The van der Waals surface area contributed by atoms with Gasteiger partial charge in [-0.1, -0.05) is 46.8 Å². The molecule has 3 amide bonds. The van der Waals surface area contributed by atoms with Crippen LogP contribution in [-0.4, -0.2) is 93.1 Å². The molecule has 0 saturated carbocycles. The average Bonchev–Trinajstić information content (AvgIpc) is 3.51. The van der Waals surface area contributed by atoms with Gasteiger partial charge in [0.05, 0.1) is 17.4 Å². The van der Waals surface area contributed by atoms with Crippen LogP contribution in [0.3, 0.4) is 0 Å². The Balaban J connectivity index is 2.13. The molecule has 0 aromatic carbocycles. The van der Waals surface area contributed by atoms with E-state index in [2.05, 4.69) is 47.8 Å². The summed E-state index contributed by atoms with van der Waals surface area (Å²) in [7, 11) is 0. The zero-order chi connectivity index (χ0) is 31.5. The van der Waals surface area contributed by atoms with Crippen LogP contribution in [0.15, 0.2) is 25.3 Å². The van der Waals surface area contributed by atoms with Crippen LogP contribution in [0.4, 0.5) is 0 Å². The van der Waals surface area contributed by atoms with E-state index in [4.69, 9.17) is 4.74 Å². The number of amides is 3. The Morgan fingerprint density at radius 2 is 1.71 bits per heavy atom. The number of likely N-dealkylation sites (tertiary alicyclic amines) is 1. The Hall–Kier alpha value is -2.19. The van der Waals surface area contributed by atoms with Crippen molar-refractivity contribution in [1.29, 1.82) is 0 Å². The molecular formula is C34H57N3O5. The maximum absolute atomic E-state index is 14.9. The third-order valence-electron chi connectivity index (χ3n) is 9.66. The van der Waals surface area contributed by atoms with Crippen molar-refractivity contribution in [3.8, 4) is 0 Å². The first-order valence-corrected chi connectivity index (χ1v) is 16.1. The summed E-state index contributed by atoms with van der Waals surface area (Å²) in [6, 6.07) is -0.812. The molecular weight excluding hydrogens is 530 g/mol. The van der Waals surface area contributed by atoms with Crippen molar-refractivity contribution >= 4 is 17.7 Å². The molecule has 2 unspecified atom stereocenters. The molecule has 1 spiro atoms. The van der Waals surface area contributed by atoms with Crippen molar-refractivity contribution in [1.82, 2.24) is 14.7 Å². The number of hydrogen-bond acceptors (Lipinski definition) is 5. The van der Waals surface area contributed by atoms with Crippen LogP contribution in [0.25, 0.3) is 0 Å². The predicted octanol–water partition coefficient (Wildman–Crippen LogP) is 4.96. The lowest BCUT2D eigenvalue weighted by atomic mass is 9.64. The van der Waals surface area contributed by atoms with Crippen molar-refractivity contribution in [2.45, 2.75) is 123 Å². The molecule has 3 saturated heterocycles. The second-order valence-corrected chi connectivity index (χ2v) is 14.5. The largest absolute Gasteiger partial charge is 0.396 e. The van der Waals surface area contributed by atoms with Gasteiger partial charge in [-0.2, -0.15) is 0 Å². The van der Waals surface area contributed by atoms with Crippen molar-refractivity contribution in [3.63, 3.8) is 0 Å². The highest BCUT2D eigenvalue weighted by Gasteiger charge is 2.79. The van der Waals surface area contributed by atoms with E-state index in [0.717, 1.165) is 19.3 Å². The minimum Gasteiger partial charge on any atom is -0.396 e. The van der Waals surface area contributed by atoms with Gasteiger partial charge in [0.1, 0.15) is 11.6 Å². The summed E-state index contributed by atoms with van der Waals surface area (Å²) in [6.45, 7) is 24.4. The normalized spacial score (nSPS) is 28.6. The molecule has 0 radical (unpaired) electrons. The fourth-order valence-electron chi connectivity index (χ4n) is 8.40. The van der Waals surface area contributed by atoms with Gasteiger partial charge in [0, 0.05) is 38.3 Å². The minimum absolute atomic E-state index is 0.0283. The fourth-order valence-corrected chi connectivity index (χ4v) is 8.40. The summed E-state index contributed by atoms with van der Waals surface area (Å²) >= 11 is 0. The molecule has 0 aliphatic carbocycles. The number of carbonyl (C=O) groups is 3. The molecule has 8 heteroatoms. The smallest absolute Gasteiger partial charge is 0.249 e. The number of rotatable bonds is 16. The molecule has 1 N–H and O–H groups in total. The van der Waals surface area contributed by atoms with Crippen LogP contribution in [0.1, 0.15) is 99.8 Å². The van der Waals surface area contributed by atoms with Crippen LogP contribution in [-0.2, 0) is 19.1 Å². The van der Waals surface area contributed by atoms with Gasteiger partial charge in [0.2, 0.25) is 17.7 Å². The van der Waals surface area contributed by atoms with Gasteiger partial charge in [-0.15, -0.1) is 13.2 Å². The maximum atomic E-state index is 14.9. The van der Waals surface area contributed by atoms with Gasteiger partial charge in [-0.05, 0) is 70.6 Å².